The summed E-state index contributed by atoms with van der Waals surface area (Å²) < 4.78 is 6.72. The van der Waals surface area contributed by atoms with Crippen LogP contribution >= 0.6 is 15.9 Å². The zero-order valence-corrected chi connectivity index (χ0v) is 14.5. The molecule has 2 nitrogen and oxygen atoms in total. The Morgan fingerprint density at radius 1 is 0.864 bits per heavy atom. The van der Waals surface area contributed by atoms with Crippen LogP contribution in [0.1, 0.15) is 24.8 Å². The quantitative estimate of drug-likeness (QED) is 0.841. The van der Waals surface area contributed by atoms with E-state index in [9.17, 15) is 0 Å². The zero-order chi connectivity index (χ0) is 15.5. The second-order valence-corrected chi connectivity index (χ2v) is 6.26. The summed E-state index contributed by atoms with van der Waals surface area (Å²) in [5.41, 5.74) is 1.31. The normalized spacial score (nSPS) is 13.9. The molecule has 22 heavy (non-hydrogen) atoms. The SMILES string of the molecule is Brc1ccc(OCCc2ccccc2)cc1.C1CCNCC1. The molecule has 0 atom stereocenters. The Morgan fingerprint density at radius 2 is 1.55 bits per heavy atom. The molecule has 3 heteroatoms. The van der Waals surface area contributed by atoms with Gasteiger partial charge in [0.1, 0.15) is 5.75 Å². The Balaban J connectivity index is 0.000000246. The molecule has 1 heterocycles. The molecule has 1 aliphatic heterocycles. The van der Waals surface area contributed by atoms with Crippen molar-refractivity contribution in [3.8, 4) is 5.75 Å². The molecule has 0 bridgehead atoms. The van der Waals surface area contributed by atoms with Gasteiger partial charge in [-0.15, -0.1) is 0 Å². The number of ether oxygens (including phenoxy) is 1. The van der Waals surface area contributed by atoms with Crippen LogP contribution in [-0.2, 0) is 6.42 Å². The fourth-order valence-electron chi connectivity index (χ4n) is 2.26. The van der Waals surface area contributed by atoms with E-state index >= 15 is 0 Å². The van der Waals surface area contributed by atoms with Crippen LogP contribution in [0.2, 0.25) is 0 Å². The number of benzene rings is 2. The molecular formula is C19H24BrNO. The molecule has 0 unspecified atom stereocenters. The van der Waals surface area contributed by atoms with Gasteiger partial charge in [0.25, 0.3) is 0 Å². The van der Waals surface area contributed by atoms with E-state index < -0.39 is 0 Å². The van der Waals surface area contributed by atoms with E-state index in [1.54, 1.807) is 0 Å². The highest BCUT2D eigenvalue weighted by atomic mass is 79.9. The lowest BCUT2D eigenvalue weighted by Gasteiger charge is -2.08. The maximum Gasteiger partial charge on any atom is 0.119 e. The van der Waals surface area contributed by atoms with E-state index in [1.807, 2.05) is 30.3 Å². The van der Waals surface area contributed by atoms with Crippen LogP contribution in [0.4, 0.5) is 0 Å². The highest BCUT2D eigenvalue weighted by Gasteiger charge is 1.95. The molecule has 1 fully saturated rings. The summed E-state index contributed by atoms with van der Waals surface area (Å²) in [5.74, 6) is 0.916. The number of piperidine rings is 1. The molecule has 0 saturated carbocycles. The van der Waals surface area contributed by atoms with Crippen LogP contribution in [0.5, 0.6) is 5.75 Å². The minimum absolute atomic E-state index is 0.714. The molecule has 1 aliphatic rings. The van der Waals surface area contributed by atoms with Gasteiger partial charge in [-0.3, -0.25) is 0 Å². The van der Waals surface area contributed by atoms with Crippen LogP contribution in [0.15, 0.2) is 59.1 Å². The van der Waals surface area contributed by atoms with E-state index in [4.69, 9.17) is 4.74 Å². The second-order valence-electron chi connectivity index (χ2n) is 5.35. The Bertz CT molecular complexity index is 497. The molecule has 0 amide bonds. The Kier molecular flexibility index (Phi) is 8.07. The first-order chi connectivity index (χ1) is 10.8. The van der Waals surface area contributed by atoms with Crippen molar-refractivity contribution in [1.29, 1.82) is 0 Å². The Labute approximate surface area is 142 Å². The molecule has 0 spiro atoms. The van der Waals surface area contributed by atoms with Crippen LogP contribution in [0.3, 0.4) is 0 Å². The summed E-state index contributed by atoms with van der Waals surface area (Å²) in [6.45, 7) is 3.21. The van der Waals surface area contributed by atoms with E-state index in [-0.39, 0.29) is 0 Å². The van der Waals surface area contributed by atoms with Gasteiger partial charge < -0.3 is 10.1 Å². The van der Waals surface area contributed by atoms with Crippen molar-refractivity contribution in [1.82, 2.24) is 5.32 Å². The van der Waals surface area contributed by atoms with Crippen molar-refractivity contribution in [3.05, 3.63) is 64.6 Å². The zero-order valence-electron chi connectivity index (χ0n) is 12.9. The van der Waals surface area contributed by atoms with Gasteiger partial charge in [-0.25, -0.2) is 0 Å². The van der Waals surface area contributed by atoms with Crippen molar-refractivity contribution in [2.75, 3.05) is 19.7 Å². The third-order valence-electron chi connectivity index (χ3n) is 3.52. The predicted octanol–water partition coefficient (Wildman–Crippen LogP) is 4.83. The average Bonchev–Trinajstić information content (AvgIpc) is 2.60. The van der Waals surface area contributed by atoms with Gasteiger partial charge >= 0.3 is 0 Å². The summed E-state index contributed by atoms with van der Waals surface area (Å²) in [5, 5.41) is 3.28. The van der Waals surface area contributed by atoms with Gasteiger partial charge in [0.15, 0.2) is 0 Å². The summed E-state index contributed by atoms with van der Waals surface area (Å²) >= 11 is 3.39. The van der Waals surface area contributed by atoms with Gasteiger partial charge in [0, 0.05) is 10.9 Å². The lowest BCUT2D eigenvalue weighted by molar-refractivity contribution is 0.322. The summed E-state index contributed by atoms with van der Waals surface area (Å²) in [4.78, 5) is 0. The molecule has 2 aromatic carbocycles. The van der Waals surface area contributed by atoms with E-state index in [0.717, 1.165) is 16.6 Å². The number of halogens is 1. The number of rotatable bonds is 4. The molecular weight excluding hydrogens is 338 g/mol. The largest absolute Gasteiger partial charge is 0.493 e. The highest BCUT2D eigenvalue weighted by Crippen LogP contribution is 2.16. The predicted molar refractivity (Wildman–Crippen MR) is 96.5 cm³/mol. The molecule has 3 rings (SSSR count). The van der Waals surface area contributed by atoms with Crippen molar-refractivity contribution >= 4 is 15.9 Å². The van der Waals surface area contributed by atoms with Crippen LogP contribution < -0.4 is 10.1 Å². The minimum Gasteiger partial charge on any atom is -0.493 e. The third-order valence-corrected chi connectivity index (χ3v) is 4.05. The molecule has 0 radical (unpaired) electrons. The summed E-state index contributed by atoms with van der Waals surface area (Å²) in [7, 11) is 0. The second kappa shape index (κ2) is 10.4. The van der Waals surface area contributed by atoms with Gasteiger partial charge in [0.2, 0.25) is 0 Å². The van der Waals surface area contributed by atoms with E-state index in [2.05, 4.69) is 45.5 Å². The minimum atomic E-state index is 0.714. The molecule has 118 valence electrons. The first-order valence-corrected chi connectivity index (χ1v) is 8.77. The lowest BCUT2D eigenvalue weighted by atomic mass is 10.2. The Morgan fingerprint density at radius 3 is 2.09 bits per heavy atom. The van der Waals surface area contributed by atoms with E-state index in [1.165, 1.54) is 37.9 Å². The van der Waals surface area contributed by atoms with Crippen LogP contribution in [-0.4, -0.2) is 19.7 Å². The highest BCUT2D eigenvalue weighted by molar-refractivity contribution is 9.10. The lowest BCUT2D eigenvalue weighted by Crippen LogP contribution is -2.21. The number of hydrogen-bond acceptors (Lipinski definition) is 2. The van der Waals surface area contributed by atoms with Crippen LogP contribution in [0, 0.1) is 0 Å². The topological polar surface area (TPSA) is 21.3 Å². The first-order valence-electron chi connectivity index (χ1n) is 7.97. The van der Waals surface area contributed by atoms with Gasteiger partial charge in [0.05, 0.1) is 6.61 Å². The summed E-state index contributed by atoms with van der Waals surface area (Å²) in [6.07, 6.45) is 5.16. The van der Waals surface area contributed by atoms with Crippen LogP contribution in [0.25, 0.3) is 0 Å². The van der Waals surface area contributed by atoms with Crippen molar-refractivity contribution in [3.63, 3.8) is 0 Å². The number of hydrogen-bond donors (Lipinski definition) is 1. The van der Waals surface area contributed by atoms with Gasteiger partial charge in [-0.1, -0.05) is 52.7 Å². The molecule has 0 aliphatic carbocycles. The summed E-state index contributed by atoms with van der Waals surface area (Å²) in [6, 6.07) is 18.3. The monoisotopic (exact) mass is 361 g/mol. The Hall–Kier alpha value is -1.32. The maximum atomic E-state index is 5.64. The van der Waals surface area contributed by atoms with E-state index in [0.29, 0.717) is 6.61 Å². The average molecular weight is 362 g/mol. The first kappa shape index (κ1) is 17.0. The van der Waals surface area contributed by atoms with Gasteiger partial charge in [-0.05, 0) is 55.8 Å². The fourth-order valence-corrected chi connectivity index (χ4v) is 2.53. The molecule has 0 aromatic heterocycles. The maximum absolute atomic E-state index is 5.64. The standard InChI is InChI=1S/C14H13BrO.C5H11N/c15-13-6-8-14(9-7-13)16-11-10-12-4-2-1-3-5-12;1-2-4-6-5-3-1/h1-9H,10-11H2;6H,1-5H2. The van der Waals surface area contributed by atoms with Gasteiger partial charge in [-0.2, -0.15) is 0 Å². The van der Waals surface area contributed by atoms with Crippen molar-refractivity contribution in [2.45, 2.75) is 25.7 Å². The van der Waals surface area contributed by atoms with Crippen molar-refractivity contribution < 1.29 is 4.74 Å². The molecule has 2 aromatic rings. The number of nitrogens with one attached hydrogen (secondary N) is 1. The molecule has 1 saturated heterocycles. The molecule has 1 N–H and O–H groups in total. The smallest absolute Gasteiger partial charge is 0.119 e. The third kappa shape index (κ3) is 7.10. The van der Waals surface area contributed by atoms with Crippen molar-refractivity contribution in [2.24, 2.45) is 0 Å². The fraction of sp³-hybridized carbons (Fsp3) is 0.368.